The van der Waals surface area contributed by atoms with E-state index >= 15 is 0 Å². The normalized spacial score (nSPS) is 10.7. The zero-order valence-corrected chi connectivity index (χ0v) is 20.8. The molecule has 0 unspecified atom stereocenters. The quantitative estimate of drug-likeness (QED) is 0.286. The molecule has 0 fully saturated rings. The Morgan fingerprint density at radius 3 is 2.06 bits per heavy atom. The van der Waals surface area contributed by atoms with Crippen LogP contribution in [-0.2, 0) is 4.79 Å². The van der Waals surface area contributed by atoms with Crippen LogP contribution in [-0.4, -0.2) is 39.6 Å². The number of thioether (sulfide) groups is 1. The van der Waals surface area contributed by atoms with E-state index in [-0.39, 0.29) is 11.7 Å². The molecule has 0 bridgehead atoms. The van der Waals surface area contributed by atoms with E-state index in [2.05, 4.69) is 15.5 Å². The van der Waals surface area contributed by atoms with Gasteiger partial charge in [0.2, 0.25) is 5.91 Å². The lowest BCUT2D eigenvalue weighted by Crippen LogP contribution is -2.14. The Morgan fingerprint density at radius 1 is 0.857 bits per heavy atom. The van der Waals surface area contributed by atoms with Crippen LogP contribution in [0.1, 0.15) is 19.4 Å². The monoisotopic (exact) mass is 488 g/mol. The molecule has 0 aliphatic rings. The van der Waals surface area contributed by atoms with Gasteiger partial charge in [-0.05, 0) is 69.3 Å². The van der Waals surface area contributed by atoms with Crippen LogP contribution in [0.15, 0.2) is 78.0 Å². The number of carbonyl (C=O) groups is 1. The van der Waals surface area contributed by atoms with E-state index in [4.69, 9.17) is 9.47 Å². The van der Waals surface area contributed by atoms with Crippen LogP contribution < -0.4 is 14.8 Å². The molecule has 0 spiro atoms. The number of ether oxygens (including phenoxy) is 2. The van der Waals surface area contributed by atoms with Crippen LogP contribution in [0.3, 0.4) is 0 Å². The summed E-state index contributed by atoms with van der Waals surface area (Å²) in [6.07, 6.45) is 0. The minimum absolute atomic E-state index is 0.128. The smallest absolute Gasteiger partial charge is 0.234 e. The number of anilines is 1. The summed E-state index contributed by atoms with van der Waals surface area (Å²) in [5, 5.41) is 12.4. The third kappa shape index (κ3) is 6.22. The first kappa shape index (κ1) is 24.3. The molecule has 35 heavy (non-hydrogen) atoms. The lowest BCUT2D eigenvalue weighted by Gasteiger charge is -2.12. The van der Waals surface area contributed by atoms with Crippen molar-refractivity contribution >= 4 is 23.4 Å². The molecule has 1 aromatic heterocycles. The van der Waals surface area contributed by atoms with Crippen molar-refractivity contribution in [3.8, 4) is 28.6 Å². The minimum atomic E-state index is -0.128. The van der Waals surface area contributed by atoms with E-state index in [1.165, 1.54) is 17.3 Å². The average Bonchev–Trinajstić information content (AvgIpc) is 3.29. The van der Waals surface area contributed by atoms with Crippen LogP contribution in [0.25, 0.3) is 17.1 Å². The topological polar surface area (TPSA) is 78.3 Å². The first-order valence-electron chi connectivity index (χ1n) is 11.5. The van der Waals surface area contributed by atoms with E-state index < -0.39 is 0 Å². The van der Waals surface area contributed by atoms with Crippen LogP contribution in [0, 0.1) is 6.92 Å². The van der Waals surface area contributed by atoms with Crippen molar-refractivity contribution in [1.29, 1.82) is 0 Å². The van der Waals surface area contributed by atoms with Gasteiger partial charge in [0, 0.05) is 16.9 Å². The van der Waals surface area contributed by atoms with E-state index in [1.54, 1.807) is 0 Å². The van der Waals surface area contributed by atoms with Gasteiger partial charge < -0.3 is 14.8 Å². The molecule has 8 heteroatoms. The van der Waals surface area contributed by atoms with Gasteiger partial charge in [0.1, 0.15) is 11.5 Å². The number of amides is 1. The van der Waals surface area contributed by atoms with E-state index in [0.717, 1.165) is 22.7 Å². The molecule has 0 saturated carbocycles. The molecule has 1 amide bonds. The Labute approximate surface area is 209 Å². The highest BCUT2D eigenvalue weighted by Crippen LogP contribution is 2.29. The Kier molecular flexibility index (Phi) is 8.05. The maximum atomic E-state index is 12.6. The highest BCUT2D eigenvalue weighted by molar-refractivity contribution is 7.99. The fourth-order valence-corrected chi connectivity index (χ4v) is 4.22. The number of nitrogens with zero attached hydrogens (tertiary/aromatic N) is 3. The molecule has 0 aliphatic heterocycles. The molecule has 0 aliphatic carbocycles. The fraction of sp³-hybridized carbons (Fsp3) is 0.222. The summed E-state index contributed by atoms with van der Waals surface area (Å²) < 4.78 is 13.0. The summed E-state index contributed by atoms with van der Waals surface area (Å²) in [6.45, 7) is 7.14. The van der Waals surface area contributed by atoms with Gasteiger partial charge in [-0.25, -0.2) is 0 Å². The number of rotatable bonds is 10. The van der Waals surface area contributed by atoms with Crippen molar-refractivity contribution in [1.82, 2.24) is 14.8 Å². The Morgan fingerprint density at radius 2 is 1.46 bits per heavy atom. The number of nitrogens with one attached hydrogen (secondary N) is 1. The summed E-state index contributed by atoms with van der Waals surface area (Å²) in [7, 11) is 0. The lowest BCUT2D eigenvalue weighted by molar-refractivity contribution is -0.113. The first-order chi connectivity index (χ1) is 17.1. The molecule has 4 rings (SSSR count). The van der Waals surface area contributed by atoms with Crippen molar-refractivity contribution in [2.75, 3.05) is 24.3 Å². The molecule has 0 radical (unpaired) electrons. The molecule has 1 heterocycles. The van der Waals surface area contributed by atoms with E-state index in [1.807, 2.05) is 98.1 Å². The largest absolute Gasteiger partial charge is 0.494 e. The van der Waals surface area contributed by atoms with Gasteiger partial charge in [-0.1, -0.05) is 41.6 Å². The molecule has 4 aromatic rings. The van der Waals surface area contributed by atoms with Gasteiger partial charge in [0.15, 0.2) is 11.0 Å². The molecular formula is C27H28N4O3S. The van der Waals surface area contributed by atoms with Gasteiger partial charge >= 0.3 is 0 Å². The molecular weight excluding hydrogens is 460 g/mol. The van der Waals surface area contributed by atoms with Gasteiger partial charge in [-0.15, -0.1) is 10.2 Å². The van der Waals surface area contributed by atoms with Crippen LogP contribution in [0.2, 0.25) is 0 Å². The third-order valence-electron chi connectivity index (χ3n) is 5.13. The summed E-state index contributed by atoms with van der Waals surface area (Å²) >= 11 is 1.33. The van der Waals surface area contributed by atoms with Crippen LogP contribution in [0.4, 0.5) is 5.69 Å². The van der Waals surface area contributed by atoms with E-state index in [0.29, 0.717) is 29.9 Å². The number of carbonyl (C=O) groups excluding carboxylic acids is 1. The van der Waals surface area contributed by atoms with Gasteiger partial charge in [0.25, 0.3) is 0 Å². The van der Waals surface area contributed by atoms with Crippen LogP contribution >= 0.6 is 11.8 Å². The predicted molar refractivity (Wildman–Crippen MR) is 140 cm³/mol. The highest BCUT2D eigenvalue weighted by atomic mass is 32.2. The number of hydrogen-bond donors (Lipinski definition) is 1. The highest BCUT2D eigenvalue weighted by Gasteiger charge is 2.17. The zero-order chi connectivity index (χ0) is 24.6. The lowest BCUT2D eigenvalue weighted by atomic mass is 10.1. The van der Waals surface area contributed by atoms with Gasteiger partial charge in [-0.3, -0.25) is 9.36 Å². The average molecular weight is 489 g/mol. The van der Waals surface area contributed by atoms with Crippen molar-refractivity contribution in [2.24, 2.45) is 0 Å². The molecule has 1 N–H and O–H groups in total. The maximum Gasteiger partial charge on any atom is 0.234 e. The van der Waals surface area contributed by atoms with E-state index in [9.17, 15) is 4.79 Å². The number of benzene rings is 3. The second-order valence-electron chi connectivity index (χ2n) is 7.73. The third-order valence-corrected chi connectivity index (χ3v) is 6.06. The van der Waals surface area contributed by atoms with Gasteiger partial charge in [-0.2, -0.15) is 0 Å². The zero-order valence-electron chi connectivity index (χ0n) is 20.0. The molecule has 0 saturated heterocycles. The fourth-order valence-electron chi connectivity index (χ4n) is 3.47. The Bertz CT molecular complexity index is 1250. The van der Waals surface area contributed by atoms with Crippen LogP contribution in [0.5, 0.6) is 11.5 Å². The molecule has 7 nitrogen and oxygen atoms in total. The van der Waals surface area contributed by atoms with Gasteiger partial charge in [0.05, 0.1) is 19.0 Å². The Balaban J connectivity index is 1.54. The molecule has 0 atom stereocenters. The predicted octanol–water partition coefficient (Wildman–Crippen LogP) is 5.77. The summed E-state index contributed by atoms with van der Waals surface area (Å²) in [4.78, 5) is 12.6. The maximum absolute atomic E-state index is 12.6. The second kappa shape index (κ2) is 11.6. The second-order valence-corrected chi connectivity index (χ2v) is 8.67. The first-order valence-corrected chi connectivity index (χ1v) is 12.5. The minimum Gasteiger partial charge on any atom is -0.494 e. The number of aromatic nitrogens is 3. The standard InChI is InChI=1S/C27H28N4O3S/c1-4-33-23-14-10-21(11-15-23)28-25(32)18-35-27-30-29-26(20-8-6-19(3)7-9-20)31(27)22-12-16-24(17-13-22)34-5-2/h6-17H,4-5,18H2,1-3H3,(H,28,32). The molecule has 3 aromatic carbocycles. The summed E-state index contributed by atoms with van der Waals surface area (Å²) in [6, 6.07) is 23.2. The molecule has 180 valence electrons. The van der Waals surface area contributed by atoms with Crippen molar-refractivity contribution in [3.05, 3.63) is 78.4 Å². The van der Waals surface area contributed by atoms with Crippen molar-refractivity contribution in [3.63, 3.8) is 0 Å². The van der Waals surface area contributed by atoms with Crippen molar-refractivity contribution < 1.29 is 14.3 Å². The SMILES string of the molecule is CCOc1ccc(NC(=O)CSc2nnc(-c3ccc(C)cc3)n2-c2ccc(OCC)cc2)cc1. The Hall–Kier alpha value is -3.78. The summed E-state index contributed by atoms with van der Waals surface area (Å²) in [5.41, 5.74) is 3.72. The van der Waals surface area contributed by atoms with Crippen molar-refractivity contribution in [2.45, 2.75) is 25.9 Å². The summed E-state index contributed by atoms with van der Waals surface area (Å²) in [5.74, 6) is 2.34. The number of hydrogen-bond acceptors (Lipinski definition) is 6. The number of aryl methyl sites for hydroxylation is 1.